The van der Waals surface area contributed by atoms with E-state index in [1.807, 2.05) is 42.5 Å². The van der Waals surface area contributed by atoms with Crippen molar-refractivity contribution in [3.05, 3.63) is 83.9 Å². The Balaban J connectivity index is 1.72. The molecule has 0 spiro atoms. The third-order valence-electron chi connectivity index (χ3n) is 4.20. The van der Waals surface area contributed by atoms with Gasteiger partial charge in [0.15, 0.2) is 0 Å². The molecule has 1 heterocycles. The molecular formula is C21H18NO. The second kappa shape index (κ2) is 6.27. The third kappa shape index (κ3) is 2.99. The number of rotatable bonds is 3. The van der Waals surface area contributed by atoms with Gasteiger partial charge in [0.1, 0.15) is 11.5 Å². The molecule has 0 aromatic heterocycles. The first-order valence-corrected chi connectivity index (χ1v) is 7.97. The van der Waals surface area contributed by atoms with E-state index < -0.39 is 0 Å². The fourth-order valence-corrected chi connectivity index (χ4v) is 2.99. The topological polar surface area (TPSA) is 23.3 Å². The van der Waals surface area contributed by atoms with Gasteiger partial charge in [-0.3, -0.25) is 0 Å². The summed E-state index contributed by atoms with van der Waals surface area (Å²) >= 11 is 0. The monoisotopic (exact) mass is 300 g/mol. The molecule has 2 nitrogen and oxygen atoms in total. The van der Waals surface area contributed by atoms with Crippen LogP contribution < -0.4 is 10.1 Å². The van der Waals surface area contributed by atoms with Crippen LogP contribution in [0.15, 0.2) is 72.8 Å². The van der Waals surface area contributed by atoms with Crippen LogP contribution in [0.25, 0.3) is 11.1 Å². The zero-order valence-electron chi connectivity index (χ0n) is 12.9. The van der Waals surface area contributed by atoms with Gasteiger partial charge in [-0.25, -0.2) is 5.32 Å². The zero-order chi connectivity index (χ0) is 15.5. The minimum Gasteiger partial charge on any atom is -0.457 e. The quantitative estimate of drug-likeness (QED) is 0.681. The Morgan fingerprint density at radius 1 is 0.783 bits per heavy atom. The Bertz CT molecular complexity index is 811. The highest BCUT2D eigenvalue weighted by Crippen LogP contribution is 2.34. The van der Waals surface area contributed by atoms with Gasteiger partial charge >= 0.3 is 0 Å². The van der Waals surface area contributed by atoms with Crippen molar-refractivity contribution in [2.75, 3.05) is 6.54 Å². The average molecular weight is 300 g/mol. The number of fused-ring (bicyclic) bond motifs is 1. The molecule has 4 rings (SSSR count). The summed E-state index contributed by atoms with van der Waals surface area (Å²) in [6.07, 6.45) is 1.03. The Morgan fingerprint density at radius 3 is 2.52 bits per heavy atom. The van der Waals surface area contributed by atoms with Gasteiger partial charge in [-0.15, -0.1) is 0 Å². The van der Waals surface area contributed by atoms with Gasteiger partial charge in [-0.2, -0.15) is 0 Å². The van der Waals surface area contributed by atoms with Gasteiger partial charge in [-0.05, 0) is 41.3 Å². The maximum absolute atomic E-state index is 6.09. The second-order valence-electron chi connectivity index (χ2n) is 5.75. The molecule has 2 heteroatoms. The smallest absolute Gasteiger partial charge is 0.135 e. The number of hydrogen-bond acceptors (Lipinski definition) is 1. The molecule has 3 aromatic carbocycles. The molecule has 1 aliphatic heterocycles. The molecule has 3 aromatic rings. The lowest BCUT2D eigenvalue weighted by molar-refractivity contribution is 0.484. The van der Waals surface area contributed by atoms with Crippen molar-refractivity contribution in [1.29, 1.82) is 0 Å². The summed E-state index contributed by atoms with van der Waals surface area (Å²) in [5.41, 5.74) is 5.09. The van der Waals surface area contributed by atoms with Gasteiger partial charge in [0.05, 0.1) is 0 Å². The van der Waals surface area contributed by atoms with Crippen LogP contribution in [0.1, 0.15) is 11.1 Å². The first-order chi connectivity index (χ1) is 11.4. The van der Waals surface area contributed by atoms with Gasteiger partial charge in [0.2, 0.25) is 0 Å². The molecule has 0 amide bonds. The molecule has 0 bridgehead atoms. The van der Waals surface area contributed by atoms with Crippen LogP contribution in [0.5, 0.6) is 11.5 Å². The van der Waals surface area contributed by atoms with Gasteiger partial charge in [0, 0.05) is 18.7 Å². The third-order valence-corrected chi connectivity index (χ3v) is 4.20. The maximum atomic E-state index is 6.09. The van der Waals surface area contributed by atoms with E-state index in [1.165, 1.54) is 16.7 Å². The molecule has 0 N–H and O–H groups in total. The van der Waals surface area contributed by atoms with Crippen LogP contribution in [0.2, 0.25) is 0 Å². The van der Waals surface area contributed by atoms with Crippen LogP contribution in [-0.2, 0) is 13.0 Å². The molecule has 23 heavy (non-hydrogen) atoms. The standard InChI is InChI=1S/C21H18NO/c1-2-6-19(7-3-1)23-21-9-5-4-8-20(21)17-10-11-18-15-22-13-12-16(18)14-17/h1-11,14H,12-13,15H2. The molecule has 1 aliphatic rings. The van der Waals surface area contributed by atoms with E-state index in [4.69, 9.17) is 4.74 Å². The summed E-state index contributed by atoms with van der Waals surface area (Å²) in [6, 6.07) is 24.8. The van der Waals surface area contributed by atoms with Crippen molar-refractivity contribution in [1.82, 2.24) is 5.32 Å². The predicted molar refractivity (Wildman–Crippen MR) is 92.8 cm³/mol. The minimum absolute atomic E-state index is 0.845. The van der Waals surface area contributed by atoms with Gasteiger partial charge in [-0.1, -0.05) is 54.6 Å². The van der Waals surface area contributed by atoms with Crippen molar-refractivity contribution < 1.29 is 4.74 Å². The molecule has 1 radical (unpaired) electrons. The molecule has 0 saturated carbocycles. The van der Waals surface area contributed by atoms with Crippen molar-refractivity contribution >= 4 is 0 Å². The SMILES string of the molecule is c1ccc(Oc2ccccc2-c2ccc3c(c2)CC[N]C3)cc1. The Hall–Kier alpha value is -2.58. The molecule has 0 unspecified atom stereocenters. The van der Waals surface area contributed by atoms with E-state index in [2.05, 4.69) is 35.6 Å². The van der Waals surface area contributed by atoms with E-state index in [1.54, 1.807) is 0 Å². The number of para-hydroxylation sites is 2. The van der Waals surface area contributed by atoms with Gasteiger partial charge < -0.3 is 4.74 Å². The first-order valence-electron chi connectivity index (χ1n) is 7.97. The summed E-state index contributed by atoms with van der Waals surface area (Å²) in [7, 11) is 0. The Kier molecular flexibility index (Phi) is 3.83. The summed E-state index contributed by atoms with van der Waals surface area (Å²) in [6.45, 7) is 1.77. The minimum atomic E-state index is 0.845. The highest BCUT2D eigenvalue weighted by molar-refractivity contribution is 5.72. The summed E-state index contributed by atoms with van der Waals surface area (Å²) < 4.78 is 6.09. The maximum Gasteiger partial charge on any atom is 0.135 e. The van der Waals surface area contributed by atoms with E-state index in [9.17, 15) is 0 Å². The molecule has 0 aliphatic carbocycles. The molecule has 0 saturated heterocycles. The van der Waals surface area contributed by atoms with E-state index >= 15 is 0 Å². The number of hydrogen-bond donors (Lipinski definition) is 0. The predicted octanol–water partition coefficient (Wildman–Crippen LogP) is 4.81. The fourth-order valence-electron chi connectivity index (χ4n) is 2.99. The summed E-state index contributed by atoms with van der Waals surface area (Å²) in [5, 5.41) is 4.47. The molecule has 0 atom stereocenters. The van der Waals surface area contributed by atoms with Crippen LogP contribution in [0.4, 0.5) is 0 Å². The number of ether oxygens (including phenoxy) is 1. The van der Waals surface area contributed by atoms with E-state index in [0.29, 0.717) is 0 Å². The van der Waals surface area contributed by atoms with Crippen LogP contribution >= 0.6 is 0 Å². The summed E-state index contributed by atoms with van der Waals surface area (Å²) in [4.78, 5) is 0. The van der Waals surface area contributed by atoms with Crippen molar-refractivity contribution in [2.45, 2.75) is 13.0 Å². The largest absolute Gasteiger partial charge is 0.457 e. The lowest BCUT2D eigenvalue weighted by Crippen LogP contribution is -2.17. The van der Waals surface area contributed by atoms with Crippen molar-refractivity contribution in [3.8, 4) is 22.6 Å². The van der Waals surface area contributed by atoms with Crippen LogP contribution in [0, 0.1) is 0 Å². The van der Waals surface area contributed by atoms with E-state index in [-0.39, 0.29) is 0 Å². The van der Waals surface area contributed by atoms with Gasteiger partial charge in [0.25, 0.3) is 0 Å². The second-order valence-corrected chi connectivity index (χ2v) is 5.75. The average Bonchev–Trinajstić information content (AvgIpc) is 2.63. The van der Waals surface area contributed by atoms with E-state index in [0.717, 1.165) is 36.6 Å². The highest BCUT2D eigenvalue weighted by Gasteiger charge is 2.12. The first kappa shape index (κ1) is 14.0. The number of benzene rings is 3. The number of nitrogens with zero attached hydrogens (tertiary/aromatic N) is 1. The van der Waals surface area contributed by atoms with Crippen molar-refractivity contribution in [2.24, 2.45) is 0 Å². The fraction of sp³-hybridized carbons (Fsp3) is 0.143. The van der Waals surface area contributed by atoms with Crippen LogP contribution in [0.3, 0.4) is 0 Å². The lowest BCUT2D eigenvalue weighted by atomic mass is 9.95. The molecule has 0 fully saturated rings. The Labute approximate surface area is 136 Å². The van der Waals surface area contributed by atoms with Crippen molar-refractivity contribution in [3.63, 3.8) is 0 Å². The Morgan fingerprint density at radius 2 is 1.61 bits per heavy atom. The highest BCUT2D eigenvalue weighted by atomic mass is 16.5. The molecule has 113 valence electrons. The lowest BCUT2D eigenvalue weighted by Gasteiger charge is -2.18. The van der Waals surface area contributed by atoms with Crippen LogP contribution in [-0.4, -0.2) is 6.54 Å². The zero-order valence-corrected chi connectivity index (χ0v) is 12.9. The molecular weight excluding hydrogens is 282 g/mol. The normalized spacial score (nSPS) is 13.4. The summed E-state index contributed by atoms with van der Waals surface area (Å²) in [5.74, 6) is 1.75.